The number of nitrogens with zero attached hydrogens (tertiary/aromatic N) is 1. The Morgan fingerprint density at radius 2 is 2.26 bits per heavy atom. The van der Waals surface area contributed by atoms with E-state index >= 15 is 0 Å². The van der Waals surface area contributed by atoms with E-state index in [0.717, 1.165) is 29.2 Å². The molecule has 0 amide bonds. The molecule has 0 radical (unpaired) electrons. The summed E-state index contributed by atoms with van der Waals surface area (Å²) in [5.74, 6) is 0.922. The van der Waals surface area contributed by atoms with Crippen LogP contribution in [0.2, 0.25) is 0 Å². The SMILES string of the molecule is Cc1sc(CNCC2CC2)nc1-c1cccc(Br)c1. The third kappa shape index (κ3) is 3.44. The number of aryl methyl sites for hydroxylation is 1. The molecule has 2 nitrogen and oxygen atoms in total. The van der Waals surface area contributed by atoms with E-state index in [1.165, 1.54) is 28.3 Å². The first kappa shape index (κ1) is 13.3. The summed E-state index contributed by atoms with van der Waals surface area (Å²) in [7, 11) is 0. The van der Waals surface area contributed by atoms with Crippen LogP contribution in [0, 0.1) is 12.8 Å². The normalized spacial score (nSPS) is 14.8. The summed E-state index contributed by atoms with van der Waals surface area (Å²) in [6.07, 6.45) is 2.79. The average molecular weight is 337 g/mol. The number of halogens is 1. The van der Waals surface area contributed by atoms with Gasteiger partial charge < -0.3 is 5.32 Å². The molecule has 0 unspecified atom stereocenters. The van der Waals surface area contributed by atoms with Gasteiger partial charge in [0.15, 0.2) is 0 Å². The van der Waals surface area contributed by atoms with Crippen LogP contribution in [0.25, 0.3) is 11.3 Å². The van der Waals surface area contributed by atoms with Gasteiger partial charge in [-0.05, 0) is 44.4 Å². The van der Waals surface area contributed by atoms with Crippen molar-refractivity contribution < 1.29 is 0 Å². The molecule has 1 aliphatic rings. The largest absolute Gasteiger partial charge is 0.310 e. The fraction of sp³-hybridized carbons (Fsp3) is 0.400. The zero-order chi connectivity index (χ0) is 13.2. The van der Waals surface area contributed by atoms with Gasteiger partial charge in [0.05, 0.1) is 5.69 Å². The molecular weight excluding hydrogens is 320 g/mol. The van der Waals surface area contributed by atoms with Gasteiger partial charge in [-0.1, -0.05) is 28.1 Å². The summed E-state index contributed by atoms with van der Waals surface area (Å²) < 4.78 is 1.10. The van der Waals surface area contributed by atoms with E-state index in [-0.39, 0.29) is 0 Å². The molecule has 3 rings (SSSR count). The van der Waals surface area contributed by atoms with Gasteiger partial charge in [-0.25, -0.2) is 4.98 Å². The molecule has 0 aliphatic heterocycles. The van der Waals surface area contributed by atoms with Crippen molar-refractivity contribution >= 4 is 27.3 Å². The van der Waals surface area contributed by atoms with Crippen LogP contribution in [0.1, 0.15) is 22.7 Å². The second-order valence-electron chi connectivity index (χ2n) is 5.10. The molecule has 1 fully saturated rings. The van der Waals surface area contributed by atoms with E-state index in [0.29, 0.717) is 0 Å². The van der Waals surface area contributed by atoms with Crippen molar-refractivity contribution in [2.24, 2.45) is 5.92 Å². The molecule has 1 N–H and O–H groups in total. The molecule has 1 aliphatic carbocycles. The number of hydrogen-bond donors (Lipinski definition) is 1. The molecule has 0 spiro atoms. The highest BCUT2D eigenvalue weighted by Gasteiger charge is 2.20. The Bertz CT molecular complexity index is 575. The maximum Gasteiger partial charge on any atom is 0.107 e. The van der Waals surface area contributed by atoms with Crippen molar-refractivity contribution in [1.82, 2.24) is 10.3 Å². The minimum absolute atomic E-state index is 0.899. The Hall–Kier alpha value is -0.710. The van der Waals surface area contributed by atoms with Crippen LogP contribution < -0.4 is 5.32 Å². The average Bonchev–Trinajstić information content (AvgIpc) is 3.12. The van der Waals surface area contributed by atoms with Gasteiger partial charge in [-0.3, -0.25) is 0 Å². The Morgan fingerprint density at radius 1 is 1.42 bits per heavy atom. The van der Waals surface area contributed by atoms with Gasteiger partial charge >= 0.3 is 0 Å². The van der Waals surface area contributed by atoms with Crippen LogP contribution in [-0.4, -0.2) is 11.5 Å². The molecule has 100 valence electrons. The fourth-order valence-corrected chi connectivity index (χ4v) is 3.46. The monoisotopic (exact) mass is 336 g/mol. The van der Waals surface area contributed by atoms with Crippen LogP contribution >= 0.6 is 27.3 Å². The second-order valence-corrected chi connectivity index (χ2v) is 7.30. The van der Waals surface area contributed by atoms with Crippen LogP contribution in [0.3, 0.4) is 0 Å². The second kappa shape index (κ2) is 5.73. The van der Waals surface area contributed by atoms with Crippen molar-refractivity contribution in [2.75, 3.05) is 6.54 Å². The zero-order valence-electron chi connectivity index (χ0n) is 10.9. The van der Waals surface area contributed by atoms with Gasteiger partial charge in [-0.2, -0.15) is 0 Å². The lowest BCUT2D eigenvalue weighted by Crippen LogP contribution is -2.15. The molecule has 4 heteroatoms. The van der Waals surface area contributed by atoms with Gasteiger partial charge in [0, 0.05) is 21.5 Å². The summed E-state index contributed by atoms with van der Waals surface area (Å²) in [6, 6.07) is 8.35. The van der Waals surface area contributed by atoms with Crippen LogP contribution in [-0.2, 0) is 6.54 Å². The van der Waals surface area contributed by atoms with E-state index < -0.39 is 0 Å². The Morgan fingerprint density at radius 3 is 3.00 bits per heavy atom. The van der Waals surface area contributed by atoms with Gasteiger partial charge in [0.1, 0.15) is 5.01 Å². The summed E-state index contributed by atoms with van der Waals surface area (Å²) in [6.45, 7) is 4.19. The van der Waals surface area contributed by atoms with Crippen LogP contribution in [0.15, 0.2) is 28.7 Å². The Labute approximate surface area is 126 Å². The minimum Gasteiger partial charge on any atom is -0.310 e. The van der Waals surface area contributed by atoms with Crippen LogP contribution in [0.4, 0.5) is 0 Å². The topological polar surface area (TPSA) is 24.9 Å². The molecule has 19 heavy (non-hydrogen) atoms. The summed E-state index contributed by atoms with van der Waals surface area (Å²) in [5, 5.41) is 4.69. The van der Waals surface area contributed by atoms with E-state index in [4.69, 9.17) is 4.98 Å². The number of benzene rings is 1. The molecule has 2 aromatic rings. The van der Waals surface area contributed by atoms with E-state index in [1.54, 1.807) is 11.3 Å². The zero-order valence-corrected chi connectivity index (χ0v) is 13.4. The minimum atomic E-state index is 0.899. The first-order valence-electron chi connectivity index (χ1n) is 6.65. The summed E-state index contributed by atoms with van der Waals surface area (Å²) >= 11 is 5.32. The third-order valence-corrected chi connectivity index (χ3v) is 4.81. The van der Waals surface area contributed by atoms with Crippen molar-refractivity contribution in [3.05, 3.63) is 38.6 Å². The molecule has 0 saturated heterocycles. The van der Waals surface area contributed by atoms with E-state index in [9.17, 15) is 0 Å². The lowest BCUT2D eigenvalue weighted by molar-refractivity contribution is 0.637. The number of thiazole rings is 1. The van der Waals surface area contributed by atoms with Crippen molar-refractivity contribution in [2.45, 2.75) is 26.3 Å². The predicted octanol–water partition coefficient (Wildman–Crippen LogP) is 4.38. The van der Waals surface area contributed by atoms with Gasteiger partial charge in [0.25, 0.3) is 0 Å². The standard InChI is InChI=1S/C15H17BrN2S/c1-10-15(12-3-2-4-13(16)7-12)18-14(19-10)9-17-8-11-5-6-11/h2-4,7,11,17H,5-6,8-9H2,1H3. The first-order valence-corrected chi connectivity index (χ1v) is 8.26. The lowest BCUT2D eigenvalue weighted by atomic mass is 10.1. The molecule has 1 saturated carbocycles. The highest BCUT2D eigenvalue weighted by molar-refractivity contribution is 9.10. The molecule has 0 atom stereocenters. The molecule has 1 aromatic carbocycles. The fourth-order valence-electron chi connectivity index (χ4n) is 2.14. The van der Waals surface area contributed by atoms with Crippen molar-refractivity contribution in [1.29, 1.82) is 0 Å². The predicted molar refractivity (Wildman–Crippen MR) is 84.4 cm³/mol. The number of rotatable bonds is 5. The smallest absolute Gasteiger partial charge is 0.107 e. The van der Waals surface area contributed by atoms with Gasteiger partial charge in [0.2, 0.25) is 0 Å². The Balaban J connectivity index is 1.72. The van der Waals surface area contributed by atoms with Crippen molar-refractivity contribution in [3.63, 3.8) is 0 Å². The molecular formula is C15H17BrN2S. The highest BCUT2D eigenvalue weighted by atomic mass is 79.9. The molecule has 0 bridgehead atoms. The van der Waals surface area contributed by atoms with Gasteiger partial charge in [-0.15, -0.1) is 11.3 Å². The van der Waals surface area contributed by atoms with E-state index in [2.05, 4.69) is 46.4 Å². The Kier molecular flexibility index (Phi) is 4.01. The number of aromatic nitrogens is 1. The first-order chi connectivity index (χ1) is 9.22. The highest BCUT2D eigenvalue weighted by Crippen LogP contribution is 2.30. The molecule has 1 aromatic heterocycles. The summed E-state index contributed by atoms with van der Waals surface area (Å²) in [5.41, 5.74) is 2.31. The lowest BCUT2D eigenvalue weighted by Gasteiger charge is -2.00. The summed E-state index contributed by atoms with van der Waals surface area (Å²) in [4.78, 5) is 6.07. The number of hydrogen-bond acceptors (Lipinski definition) is 3. The third-order valence-electron chi connectivity index (χ3n) is 3.35. The quantitative estimate of drug-likeness (QED) is 0.876. The van der Waals surface area contributed by atoms with Crippen LogP contribution in [0.5, 0.6) is 0 Å². The molecule has 1 heterocycles. The maximum absolute atomic E-state index is 4.77. The van der Waals surface area contributed by atoms with E-state index in [1.807, 2.05) is 6.07 Å². The number of nitrogens with one attached hydrogen (secondary N) is 1. The maximum atomic E-state index is 4.77. The van der Waals surface area contributed by atoms with Crippen molar-refractivity contribution in [3.8, 4) is 11.3 Å².